The predicted molar refractivity (Wildman–Crippen MR) is 61.1 cm³/mol. The molecule has 4 heteroatoms. The average molecular weight is 234 g/mol. The molecular weight excluding hydrogens is 224 g/mol. The van der Waals surface area contributed by atoms with E-state index in [0.717, 1.165) is 9.07 Å². The van der Waals surface area contributed by atoms with Crippen LogP contribution in [0, 0.1) is 3.82 Å². The Morgan fingerprint density at radius 3 is 2.67 bits per heavy atom. The van der Waals surface area contributed by atoms with E-state index in [-0.39, 0.29) is 0 Å². The molecule has 0 aliphatic heterocycles. The van der Waals surface area contributed by atoms with Crippen LogP contribution in [-0.4, -0.2) is 5.25 Å². The number of thioether (sulfide) groups is 1. The van der Waals surface area contributed by atoms with E-state index in [0.29, 0.717) is 0 Å². The van der Waals surface area contributed by atoms with Crippen molar-refractivity contribution in [2.45, 2.75) is 35.1 Å². The predicted octanol–water partition coefficient (Wildman–Crippen LogP) is 4.57. The summed E-state index contributed by atoms with van der Waals surface area (Å²) in [5, 5.41) is 0.880. The van der Waals surface area contributed by atoms with Crippen LogP contribution in [0.4, 0.5) is 0 Å². The van der Waals surface area contributed by atoms with E-state index in [1.54, 1.807) is 10.3 Å². The molecule has 0 nitrogen and oxygen atoms in total. The maximum absolute atomic E-state index is 5.09. The van der Waals surface area contributed by atoms with Crippen LogP contribution in [-0.2, 0) is 0 Å². The zero-order valence-corrected chi connectivity index (χ0v) is 9.88. The van der Waals surface area contributed by atoms with Crippen molar-refractivity contribution in [2.75, 3.05) is 0 Å². The van der Waals surface area contributed by atoms with Crippen molar-refractivity contribution >= 4 is 44.7 Å². The number of rotatable bonds is 2. The van der Waals surface area contributed by atoms with Crippen LogP contribution >= 0.6 is 44.7 Å². The Labute approximate surface area is 89.4 Å². The van der Waals surface area contributed by atoms with Crippen LogP contribution in [0.15, 0.2) is 10.3 Å². The Bertz CT molecular complexity index is 292. The highest BCUT2D eigenvalue weighted by Gasteiger charge is 2.16. The molecular formula is C8H10S4. The minimum absolute atomic E-state index is 0.880. The molecule has 1 heterocycles. The minimum Gasteiger partial charge on any atom is -0.111 e. The van der Waals surface area contributed by atoms with E-state index in [9.17, 15) is 0 Å². The fourth-order valence-electron chi connectivity index (χ4n) is 1.45. The van der Waals surface area contributed by atoms with Crippen molar-refractivity contribution in [1.82, 2.24) is 0 Å². The number of hydrogen-bond donors (Lipinski definition) is 0. The molecule has 0 bridgehead atoms. The van der Waals surface area contributed by atoms with E-state index in [1.165, 1.54) is 29.9 Å². The fourth-order valence-corrected chi connectivity index (χ4v) is 5.76. The largest absolute Gasteiger partial charge is 0.111 e. The molecule has 0 unspecified atom stereocenters. The van der Waals surface area contributed by atoms with Gasteiger partial charge >= 0.3 is 0 Å². The zero-order valence-electron chi connectivity index (χ0n) is 6.62. The maximum Gasteiger partial charge on any atom is 0.103 e. The van der Waals surface area contributed by atoms with Gasteiger partial charge in [-0.25, -0.2) is 0 Å². The molecule has 1 aromatic rings. The van der Waals surface area contributed by atoms with Gasteiger partial charge in [-0.05, 0) is 18.9 Å². The molecule has 0 N–H and O–H groups in total. The Morgan fingerprint density at radius 1 is 1.33 bits per heavy atom. The molecule has 1 aliphatic rings. The summed E-state index contributed by atoms with van der Waals surface area (Å²) < 4.78 is 2.47. The Kier molecular flexibility index (Phi) is 3.23. The highest BCUT2D eigenvalue weighted by molar-refractivity contribution is 8.03. The third-order valence-corrected chi connectivity index (χ3v) is 6.70. The minimum atomic E-state index is 0.880. The zero-order chi connectivity index (χ0) is 8.39. The summed E-state index contributed by atoms with van der Waals surface area (Å²) in [5.41, 5.74) is 0. The highest BCUT2D eigenvalue weighted by atomic mass is 32.9. The topological polar surface area (TPSA) is 0 Å². The van der Waals surface area contributed by atoms with Crippen molar-refractivity contribution in [3.05, 3.63) is 9.89 Å². The van der Waals surface area contributed by atoms with Gasteiger partial charge in [-0.2, -0.15) is 0 Å². The van der Waals surface area contributed by atoms with E-state index >= 15 is 0 Å². The first-order chi connectivity index (χ1) is 5.84. The van der Waals surface area contributed by atoms with E-state index in [2.05, 4.69) is 6.07 Å². The third kappa shape index (κ3) is 2.31. The van der Waals surface area contributed by atoms with E-state index < -0.39 is 0 Å². The summed E-state index contributed by atoms with van der Waals surface area (Å²) in [4.78, 5) is 0. The van der Waals surface area contributed by atoms with E-state index in [1.807, 2.05) is 22.1 Å². The van der Waals surface area contributed by atoms with Crippen molar-refractivity contribution in [2.24, 2.45) is 0 Å². The van der Waals surface area contributed by atoms with Gasteiger partial charge in [0.1, 0.15) is 3.82 Å². The molecule has 0 atom stereocenters. The normalized spacial score (nSPS) is 18.7. The second kappa shape index (κ2) is 4.22. The van der Waals surface area contributed by atoms with Gasteiger partial charge < -0.3 is 0 Å². The lowest BCUT2D eigenvalue weighted by Crippen LogP contribution is -1.90. The summed E-state index contributed by atoms with van der Waals surface area (Å²) in [7, 11) is 3.56. The first-order valence-corrected chi connectivity index (χ1v) is 7.55. The molecule has 0 aromatic carbocycles. The maximum atomic E-state index is 5.09. The van der Waals surface area contributed by atoms with Gasteiger partial charge in [0.15, 0.2) is 0 Å². The second-order valence-corrected chi connectivity index (χ2v) is 7.49. The molecule has 1 saturated carbocycles. The van der Waals surface area contributed by atoms with Crippen LogP contribution < -0.4 is 0 Å². The molecule has 0 amide bonds. The van der Waals surface area contributed by atoms with Crippen molar-refractivity contribution < 1.29 is 0 Å². The third-order valence-electron chi connectivity index (χ3n) is 2.03. The molecule has 2 rings (SSSR count). The summed E-state index contributed by atoms with van der Waals surface area (Å²) in [6.45, 7) is 0. The fraction of sp³-hybridized carbons (Fsp3) is 0.625. The van der Waals surface area contributed by atoms with Gasteiger partial charge in [-0.1, -0.05) is 45.7 Å². The lowest BCUT2D eigenvalue weighted by Gasteiger charge is -2.04. The summed E-state index contributed by atoms with van der Waals surface area (Å²) in [6, 6.07) is 2.15. The first kappa shape index (κ1) is 9.19. The van der Waals surface area contributed by atoms with Gasteiger partial charge in [0.05, 0.1) is 4.21 Å². The molecule has 0 spiro atoms. The molecule has 66 valence electrons. The molecule has 1 aliphatic carbocycles. The van der Waals surface area contributed by atoms with Crippen molar-refractivity contribution in [3.63, 3.8) is 0 Å². The smallest absolute Gasteiger partial charge is 0.103 e. The highest BCUT2D eigenvalue weighted by Crippen LogP contribution is 2.38. The quantitative estimate of drug-likeness (QED) is 0.543. The Morgan fingerprint density at radius 2 is 2.08 bits per heavy atom. The molecule has 0 radical (unpaired) electrons. The SMILES string of the molecule is S=c1cc(SC2CCCC2)ss1. The standard InChI is InChI=1S/C8H10S4/c9-7-5-8(12-11-7)10-6-3-1-2-4-6/h5-6H,1-4H2. The van der Waals surface area contributed by atoms with Gasteiger partial charge in [0.2, 0.25) is 0 Å². The lowest BCUT2D eigenvalue weighted by molar-refractivity contribution is 0.886. The lowest BCUT2D eigenvalue weighted by atomic mass is 10.4. The molecule has 0 saturated heterocycles. The van der Waals surface area contributed by atoms with Crippen LogP contribution in [0.25, 0.3) is 0 Å². The van der Waals surface area contributed by atoms with E-state index in [4.69, 9.17) is 12.2 Å². The summed E-state index contributed by atoms with van der Waals surface area (Å²) >= 11 is 7.12. The Balaban J connectivity index is 1.98. The van der Waals surface area contributed by atoms with Crippen LogP contribution in [0.1, 0.15) is 25.7 Å². The second-order valence-electron chi connectivity index (χ2n) is 2.97. The number of hydrogen-bond acceptors (Lipinski definition) is 4. The summed E-state index contributed by atoms with van der Waals surface area (Å²) in [6.07, 6.45) is 5.65. The van der Waals surface area contributed by atoms with Crippen LogP contribution in [0.3, 0.4) is 0 Å². The van der Waals surface area contributed by atoms with Crippen molar-refractivity contribution in [3.8, 4) is 0 Å². The van der Waals surface area contributed by atoms with Gasteiger partial charge in [-0.15, -0.1) is 11.8 Å². The van der Waals surface area contributed by atoms with Crippen molar-refractivity contribution in [1.29, 1.82) is 0 Å². The molecule has 1 aromatic heterocycles. The van der Waals surface area contributed by atoms with Gasteiger partial charge in [0, 0.05) is 5.25 Å². The summed E-state index contributed by atoms with van der Waals surface area (Å²) in [5.74, 6) is 0. The average Bonchev–Trinajstić information content (AvgIpc) is 2.63. The Hall–Kier alpha value is 0.620. The molecule has 12 heavy (non-hydrogen) atoms. The monoisotopic (exact) mass is 234 g/mol. The van der Waals surface area contributed by atoms with Crippen LogP contribution in [0.2, 0.25) is 0 Å². The van der Waals surface area contributed by atoms with Gasteiger partial charge in [-0.3, -0.25) is 0 Å². The first-order valence-electron chi connectivity index (χ1n) is 4.11. The molecule has 1 fully saturated rings. The van der Waals surface area contributed by atoms with Gasteiger partial charge in [0.25, 0.3) is 0 Å². The van der Waals surface area contributed by atoms with Crippen LogP contribution in [0.5, 0.6) is 0 Å².